The number of rotatable bonds is 1. The van der Waals surface area contributed by atoms with Gasteiger partial charge in [-0.2, -0.15) is 8.42 Å². The van der Waals surface area contributed by atoms with E-state index in [4.69, 9.17) is 4.55 Å². The molecule has 0 atom stereocenters. The highest BCUT2D eigenvalue weighted by molar-refractivity contribution is 7.85. The zero-order valence-electron chi connectivity index (χ0n) is 7.58. The van der Waals surface area contributed by atoms with E-state index >= 15 is 0 Å². The molecule has 0 aromatic heterocycles. The zero-order valence-corrected chi connectivity index (χ0v) is 9.29. The van der Waals surface area contributed by atoms with Gasteiger partial charge in [0.1, 0.15) is 0 Å². The third-order valence-corrected chi connectivity index (χ3v) is 3.37. The van der Waals surface area contributed by atoms with E-state index in [0.717, 1.165) is 15.7 Å². The third kappa shape index (κ3) is 1.99. The highest BCUT2D eigenvalue weighted by Gasteiger charge is 2.09. The van der Waals surface area contributed by atoms with Crippen LogP contribution in [0.25, 0.3) is 10.8 Å². The molecule has 0 heterocycles. The van der Waals surface area contributed by atoms with Crippen molar-refractivity contribution < 1.29 is 13.0 Å². The number of benzene rings is 2. The molecule has 0 aliphatic heterocycles. The summed E-state index contributed by atoms with van der Waals surface area (Å²) in [5.41, 5.74) is 0. The molecule has 0 aliphatic rings. The van der Waals surface area contributed by atoms with Crippen LogP contribution in [0.1, 0.15) is 0 Å². The first kappa shape index (κ1) is 10.5. The third-order valence-electron chi connectivity index (χ3n) is 2.13. The fraction of sp³-hybridized carbons (Fsp3) is 0. The van der Waals surface area contributed by atoms with Gasteiger partial charge < -0.3 is 0 Å². The summed E-state index contributed by atoms with van der Waals surface area (Å²) in [7, 11) is -4.13. The van der Waals surface area contributed by atoms with E-state index in [-0.39, 0.29) is 4.90 Å². The molecule has 1 N–H and O–H groups in total. The average molecular weight is 240 g/mol. The maximum Gasteiger partial charge on any atom is 0.294 e. The Morgan fingerprint density at radius 3 is 2.53 bits per heavy atom. The van der Waals surface area contributed by atoms with Gasteiger partial charge in [-0.1, -0.05) is 18.2 Å². The monoisotopic (exact) mass is 240 g/mol. The topological polar surface area (TPSA) is 54.4 Å². The Labute approximate surface area is 92.9 Å². The minimum atomic E-state index is -4.13. The first-order chi connectivity index (χ1) is 6.98. The Kier molecular flexibility index (Phi) is 2.46. The van der Waals surface area contributed by atoms with Crippen molar-refractivity contribution in [3.8, 4) is 0 Å². The van der Waals surface area contributed by atoms with Gasteiger partial charge in [0.25, 0.3) is 10.1 Å². The molecule has 0 saturated heterocycles. The van der Waals surface area contributed by atoms with Crippen molar-refractivity contribution in [1.29, 1.82) is 0 Å². The molecule has 0 fully saturated rings. The lowest BCUT2D eigenvalue weighted by Gasteiger charge is -2.02. The van der Waals surface area contributed by atoms with Crippen LogP contribution in [0, 0.1) is 0 Å². The average Bonchev–Trinajstić information content (AvgIpc) is 2.16. The predicted molar refractivity (Wildman–Crippen MR) is 61.0 cm³/mol. The van der Waals surface area contributed by atoms with E-state index in [2.05, 4.69) is 12.6 Å². The summed E-state index contributed by atoms with van der Waals surface area (Å²) in [6.07, 6.45) is 0. The Balaban J connectivity index is 2.79. The lowest BCUT2D eigenvalue weighted by atomic mass is 10.1. The molecule has 0 spiro atoms. The van der Waals surface area contributed by atoms with Gasteiger partial charge in [0.15, 0.2) is 0 Å². The molecule has 2 aromatic carbocycles. The Bertz CT molecular complexity index is 618. The van der Waals surface area contributed by atoms with Crippen LogP contribution in [0.2, 0.25) is 0 Å². The van der Waals surface area contributed by atoms with Crippen LogP contribution in [0.15, 0.2) is 46.2 Å². The van der Waals surface area contributed by atoms with Crippen LogP contribution in [0.3, 0.4) is 0 Å². The summed E-state index contributed by atoms with van der Waals surface area (Å²) in [4.78, 5) is 0.670. The molecule has 78 valence electrons. The first-order valence-corrected chi connectivity index (χ1v) is 6.06. The lowest BCUT2D eigenvalue weighted by molar-refractivity contribution is 0.483. The predicted octanol–water partition coefficient (Wildman–Crippen LogP) is 2.38. The summed E-state index contributed by atoms with van der Waals surface area (Å²) >= 11 is 4.25. The molecule has 15 heavy (non-hydrogen) atoms. The van der Waals surface area contributed by atoms with E-state index in [1.807, 2.05) is 6.07 Å². The van der Waals surface area contributed by atoms with E-state index in [9.17, 15) is 8.42 Å². The largest absolute Gasteiger partial charge is 0.294 e. The summed E-state index contributed by atoms with van der Waals surface area (Å²) in [5, 5.41) is 1.59. The summed E-state index contributed by atoms with van der Waals surface area (Å²) in [6, 6.07) is 9.77. The Morgan fingerprint density at radius 1 is 1.13 bits per heavy atom. The van der Waals surface area contributed by atoms with Gasteiger partial charge in [-0.3, -0.25) is 4.55 Å². The first-order valence-electron chi connectivity index (χ1n) is 4.18. The van der Waals surface area contributed by atoms with Gasteiger partial charge in [0, 0.05) is 4.90 Å². The molecular weight excluding hydrogens is 232 g/mol. The van der Waals surface area contributed by atoms with E-state index < -0.39 is 10.1 Å². The van der Waals surface area contributed by atoms with Crippen molar-refractivity contribution in [3.05, 3.63) is 36.4 Å². The Morgan fingerprint density at radius 2 is 1.87 bits per heavy atom. The SMILES string of the molecule is O=S(=O)(O)c1ccc2c(S)cccc2c1. The van der Waals surface area contributed by atoms with Gasteiger partial charge in [-0.05, 0) is 29.0 Å². The number of thiol groups is 1. The van der Waals surface area contributed by atoms with Crippen molar-refractivity contribution in [3.63, 3.8) is 0 Å². The normalized spacial score (nSPS) is 11.9. The fourth-order valence-electron chi connectivity index (χ4n) is 1.41. The number of hydrogen-bond acceptors (Lipinski definition) is 3. The van der Waals surface area contributed by atoms with Gasteiger partial charge in [0.2, 0.25) is 0 Å². The highest BCUT2D eigenvalue weighted by atomic mass is 32.2. The Hall–Kier alpha value is -1.04. The van der Waals surface area contributed by atoms with Crippen molar-refractivity contribution in [1.82, 2.24) is 0 Å². The van der Waals surface area contributed by atoms with Crippen molar-refractivity contribution >= 4 is 33.5 Å². The summed E-state index contributed by atoms with van der Waals surface area (Å²) in [5.74, 6) is 0. The van der Waals surface area contributed by atoms with Gasteiger partial charge >= 0.3 is 0 Å². The van der Waals surface area contributed by atoms with Crippen LogP contribution in [0.5, 0.6) is 0 Å². The molecule has 0 unspecified atom stereocenters. The van der Waals surface area contributed by atoms with Crippen LogP contribution in [-0.2, 0) is 10.1 Å². The summed E-state index contributed by atoms with van der Waals surface area (Å²) < 4.78 is 30.7. The molecule has 2 rings (SSSR count). The standard InChI is InChI=1S/C10H8O3S2/c11-15(12,13)8-4-5-9-7(6-8)2-1-3-10(9)14/h1-6,14H,(H,11,12,13). The number of fused-ring (bicyclic) bond motifs is 1. The van der Waals surface area contributed by atoms with Crippen LogP contribution in [-0.4, -0.2) is 13.0 Å². The van der Waals surface area contributed by atoms with Crippen molar-refractivity contribution in [2.45, 2.75) is 9.79 Å². The second-order valence-electron chi connectivity index (χ2n) is 3.14. The number of hydrogen-bond donors (Lipinski definition) is 2. The zero-order chi connectivity index (χ0) is 11.1. The van der Waals surface area contributed by atoms with Gasteiger partial charge in [-0.15, -0.1) is 12.6 Å². The van der Waals surface area contributed by atoms with Crippen LogP contribution < -0.4 is 0 Å². The molecule has 0 bridgehead atoms. The molecular formula is C10H8O3S2. The molecule has 0 radical (unpaired) electrons. The summed E-state index contributed by atoms with van der Waals surface area (Å²) in [6.45, 7) is 0. The second kappa shape index (κ2) is 3.52. The molecule has 0 aliphatic carbocycles. The molecule has 0 amide bonds. The second-order valence-corrected chi connectivity index (χ2v) is 5.04. The van der Waals surface area contributed by atoms with Crippen LogP contribution in [0.4, 0.5) is 0 Å². The van der Waals surface area contributed by atoms with E-state index in [1.165, 1.54) is 12.1 Å². The minimum Gasteiger partial charge on any atom is -0.282 e. The van der Waals surface area contributed by atoms with Crippen molar-refractivity contribution in [2.75, 3.05) is 0 Å². The fourth-order valence-corrected chi connectivity index (χ4v) is 2.21. The quantitative estimate of drug-likeness (QED) is 0.594. The van der Waals surface area contributed by atoms with Gasteiger partial charge in [0.05, 0.1) is 4.90 Å². The molecule has 5 heteroatoms. The van der Waals surface area contributed by atoms with Crippen molar-refractivity contribution in [2.24, 2.45) is 0 Å². The smallest absolute Gasteiger partial charge is 0.282 e. The van der Waals surface area contributed by atoms with Gasteiger partial charge in [-0.25, -0.2) is 0 Å². The van der Waals surface area contributed by atoms with Crippen LogP contribution >= 0.6 is 12.6 Å². The maximum atomic E-state index is 10.9. The molecule has 0 saturated carbocycles. The minimum absolute atomic E-state index is 0.103. The maximum absolute atomic E-state index is 10.9. The molecule has 2 aromatic rings. The van der Waals surface area contributed by atoms with E-state index in [0.29, 0.717) is 0 Å². The molecule has 3 nitrogen and oxygen atoms in total. The van der Waals surface area contributed by atoms with E-state index in [1.54, 1.807) is 18.2 Å². The lowest BCUT2D eigenvalue weighted by Crippen LogP contribution is -1.97. The highest BCUT2D eigenvalue weighted by Crippen LogP contribution is 2.24.